The van der Waals surface area contributed by atoms with Crippen LogP contribution in [-0.2, 0) is 16.0 Å². The molecular weight excluding hydrogens is 230 g/mol. The average molecular weight is 245 g/mol. The van der Waals surface area contributed by atoms with E-state index in [0.717, 1.165) is 5.56 Å². The molecule has 4 heteroatoms. The summed E-state index contributed by atoms with van der Waals surface area (Å²) < 4.78 is 4.68. The number of carbonyl (C=O) groups excluding carboxylic acids is 1. The lowest BCUT2D eigenvalue weighted by Gasteiger charge is -2.08. The van der Waals surface area contributed by atoms with Crippen LogP contribution in [0.1, 0.15) is 25.0 Å². The normalized spacial score (nSPS) is 11.4. The Kier molecular flexibility index (Phi) is 4.94. The molecular formula is C14H15NO3. The van der Waals surface area contributed by atoms with Crippen molar-refractivity contribution in [3.05, 3.63) is 41.2 Å². The fraction of sp³-hybridized carbons (Fsp3) is 0.286. The zero-order valence-electron chi connectivity index (χ0n) is 10.4. The molecule has 0 atom stereocenters. The van der Waals surface area contributed by atoms with Crippen molar-refractivity contribution in [3.63, 3.8) is 0 Å². The van der Waals surface area contributed by atoms with Gasteiger partial charge in [0.15, 0.2) is 0 Å². The van der Waals surface area contributed by atoms with Crippen LogP contribution in [0.3, 0.4) is 0 Å². The summed E-state index contributed by atoms with van der Waals surface area (Å²) in [5.74, 6) is -1.51. The molecule has 94 valence electrons. The molecule has 0 unspecified atom stereocenters. The molecule has 1 aromatic carbocycles. The number of rotatable bonds is 4. The summed E-state index contributed by atoms with van der Waals surface area (Å²) in [7, 11) is 0. The number of ether oxygens (including phenoxy) is 1. The number of nitriles is 1. The number of benzene rings is 1. The summed E-state index contributed by atoms with van der Waals surface area (Å²) in [6, 6.07) is 9.01. The number of hydrogen-bond acceptors (Lipinski definition) is 4. The van der Waals surface area contributed by atoms with Gasteiger partial charge in [-0.3, -0.25) is 0 Å². The molecule has 18 heavy (non-hydrogen) atoms. The topological polar surface area (TPSA) is 70.3 Å². The Morgan fingerprint density at radius 2 is 2.06 bits per heavy atom. The van der Waals surface area contributed by atoms with Crippen LogP contribution < -0.4 is 0 Å². The molecule has 0 aliphatic carbocycles. The fourth-order valence-electron chi connectivity index (χ4n) is 1.61. The third-order valence-corrected chi connectivity index (χ3v) is 2.48. The average Bonchev–Trinajstić information content (AvgIpc) is 2.40. The van der Waals surface area contributed by atoms with Crippen LogP contribution in [0, 0.1) is 11.3 Å². The molecule has 0 heterocycles. The largest absolute Gasteiger partial charge is 0.501 e. The number of aryl methyl sites for hydroxylation is 1. The predicted molar refractivity (Wildman–Crippen MR) is 67.6 cm³/mol. The fourth-order valence-corrected chi connectivity index (χ4v) is 1.61. The molecule has 1 rings (SSSR count). The van der Waals surface area contributed by atoms with E-state index in [2.05, 4.69) is 4.74 Å². The Balaban J connectivity index is 3.29. The van der Waals surface area contributed by atoms with Crippen LogP contribution in [0.2, 0.25) is 0 Å². The van der Waals surface area contributed by atoms with Crippen molar-refractivity contribution in [3.8, 4) is 6.07 Å². The van der Waals surface area contributed by atoms with Crippen molar-refractivity contribution in [1.29, 1.82) is 5.26 Å². The molecule has 0 spiro atoms. The maximum absolute atomic E-state index is 11.4. The van der Waals surface area contributed by atoms with E-state index in [-0.39, 0.29) is 12.2 Å². The Morgan fingerprint density at radius 1 is 1.39 bits per heavy atom. The Labute approximate surface area is 106 Å². The summed E-state index contributed by atoms with van der Waals surface area (Å²) in [6.45, 7) is 3.73. The van der Waals surface area contributed by atoms with E-state index in [1.165, 1.54) is 0 Å². The predicted octanol–water partition coefficient (Wildman–Crippen LogP) is 2.60. The Bertz CT molecular complexity index is 512. The number of aliphatic hydroxyl groups excluding tert-OH is 1. The van der Waals surface area contributed by atoms with Crippen molar-refractivity contribution < 1.29 is 14.6 Å². The first-order valence-corrected chi connectivity index (χ1v) is 5.74. The second-order valence-corrected chi connectivity index (χ2v) is 3.57. The monoisotopic (exact) mass is 245 g/mol. The third-order valence-electron chi connectivity index (χ3n) is 2.48. The van der Waals surface area contributed by atoms with Gasteiger partial charge in [0.2, 0.25) is 5.76 Å². The summed E-state index contributed by atoms with van der Waals surface area (Å²) in [6.07, 6.45) is 0.706. The molecule has 0 amide bonds. The first-order chi connectivity index (χ1) is 8.65. The molecule has 0 aliphatic rings. The first kappa shape index (κ1) is 13.8. The second kappa shape index (κ2) is 6.45. The summed E-state index contributed by atoms with van der Waals surface area (Å²) in [5, 5.41) is 18.9. The number of nitrogens with zero attached hydrogens (tertiary/aromatic N) is 1. The van der Waals surface area contributed by atoms with E-state index in [0.29, 0.717) is 12.0 Å². The van der Waals surface area contributed by atoms with E-state index in [1.807, 2.05) is 25.1 Å². The van der Waals surface area contributed by atoms with Gasteiger partial charge >= 0.3 is 5.97 Å². The highest BCUT2D eigenvalue weighted by Gasteiger charge is 2.18. The van der Waals surface area contributed by atoms with E-state index >= 15 is 0 Å². The SMILES string of the molecule is CCOC(=O)/C(O)=C(\C#N)c1ccccc1CC. The molecule has 4 nitrogen and oxygen atoms in total. The standard InChI is InChI=1S/C14H15NO3/c1-3-10-7-5-6-8-11(10)12(9-15)13(16)14(17)18-4-2/h5-8,16H,3-4H2,1-2H3/b13-12-. The van der Waals surface area contributed by atoms with Crippen molar-refractivity contribution in [1.82, 2.24) is 0 Å². The summed E-state index contributed by atoms with van der Waals surface area (Å²) in [5.41, 5.74) is 1.41. The summed E-state index contributed by atoms with van der Waals surface area (Å²) >= 11 is 0. The van der Waals surface area contributed by atoms with Crippen LogP contribution in [-0.4, -0.2) is 17.7 Å². The van der Waals surface area contributed by atoms with Crippen molar-refractivity contribution in [2.45, 2.75) is 20.3 Å². The minimum Gasteiger partial charge on any atom is -0.501 e. The summed E-state index contributed by atoms with van der Waals surface area (Å²) in [4.78, 5) is 11.4. The first-order valence-electron chi connectivity index (χ1n) is 5.74. The van der Waals surface area contributed by atoms with Gasteiger partial charge in [-0.15, -0.1) is 0 Å². The molecule has 0 saturated heterocycles. The maximum atomic E-state index is 11.4. The zero-order valence-corrected chi connectivity index (χ0v) is 10.4. The van der Waals surface area contributed by atoms with Gasteiger partial charge in [0.1, 0.15) is 11.6 Å². The van der Waals surface area contributed by atoms with Crippen LogP contribution in [0.25, 0.3) is 5.57 Å². The minimum atomic E-state index is -0.875. The highest BCUT2D eigenvalue weighted by molar-refractivity contribution is 5.99. The van der Waals surface area contributed by atoms with Crippen molar-refractivity contribution in [2.24, 2.45) is 0 Å². The Morgan fingerprint density at radius 3 is 2.61 bits per heavy atom. The smallest absolute Gasteiger partial charge is 0.374 e. The molecule has 0 radical (unpaired) electrons. The van der Waals surface area contributed by atoms with Gasteiger partial charge in [0.25, 0.3) is 0 Å². The van der Waals surface area contributed by atoms with E-state index in [1.54, 1.807) is 19.1 Å². The number of aliphatic hydroxyl groups is 1. The van der Waals surface area contributed by atoms with Crippen LogP contribution >= 0.6 is 0 Å². The number of esters is 1. The van der Waals surface area contributed by atoms with Crippen LogP contribution in [0.15, 0.2) is 30.0 Å². The van der Waals surface area contributed by atoms with Gasteiger partial charge in [-0.2, -0.15) is 5.26 Å². The van der Waals surface area contributed by atoms with E-state index in [4.69, 9.17) is 5.26 Å². The molecule has 0 aromatic heterocycles. The lowest BCUT2D eigenvalue weighted by atomic mass is 9.98. The Hall–Kier alpha value is -2.28. The third kappa shape index (κ3) is 2.89. The molecule has 0 saturated carbocycles. The maximum Gasteiger partial charge on any atom is 0.374 e. The van der Waals surface area contributed by atoms with E-state index in [9.17, 15) is 9.90 Å². The van der Waals surface area contributed by atoms with Gasteiger partial charge in [0.05, 0.1) is 6.61 Å². The zero-order chi connectivity index (χ0) is 13.5. The molecule has 0 bridgehead atoms. The lowest BCUT2D eigenvalue weighted by Crippen LogP contribution is -2.09. The number of allylic oxidation sites excluding steroid dienone is 1. The van der Waals surface area contributed by atoms with Gasteiger partial charge in [0, 0.05) is 0 Å². The van der Waals surface area contributed by atoms with Crippen LogP contribution in [0.4, 0.5) is 0 Å². The van der Waals surface area contributed by atoms with Gasteiger partial charge in [-0.25, -0.2) is 4.79 Å². The van der Waals surface area contributed by atoms with E-state index < -0.39 is 11.7 Å². The van der Waals surface area contributed by atoms with Gasteiger partial charge in [-0.05, 0) is 24.5 Å². The molecule has 1 N–H and O–H groups in total. The van der Waals surface area contributed by atoms with Crippen LogP contribution in [0.5, 0.6) is 0 Å². The number of carbonyl (C=O) groups is 1. The molecule has 0 aliphatic heterocycles. The number of hydrogen-bond donors (Lipinski definition) is 1. The molecule has 1 aromatic rings. The minimum absolute atomic E-state index is 0.0501. The van der Waals surface area contributed by atoms with Crippen molar-refractivity contribution in [2.75, 3.05) is 6.61 Å². The molecule has 0 fully saturated rings. The second-order valence-electron chi connectivity index (χ2n) is 3.57. The van der Waals surface area contributed by atoms with Gasteiger partial charge < -0.3 is 9.84 Å². The quantitative estimate of drug-likeness (QED) is 0.383. The van der Waals surface area contributed by atoms with Gasteiger partial charge in [-0.1, -0.05) is 31.2 Å². The lowest BCUT2D eigenvalue weighted by molar-refractivity contribution is -0.141. The van der Waals surface area contributed by atoms with Crippen molar-refractivity contribution >= 4 is 11.5 Å². The highest BCUT2D eigenvalue weighted by Crippen LogP contribution is 2.22. The highest BCUT2D eigenvalue weighted by atomic mass is 16.5.